The number of aryl methyl sites for hydroxylation is 1. The minimum atomic E-state index is -1.72. The monoisotopic (exact) mass is 273 g/mol. The van der Waals surface area contributed by atoms with E-state index in [9.17, 15) is 4.21 Å². The highest BCUT2D eigenvalue weighted by molar-refractivity contribution is 7.78. The van der Waals surface area contributed by atoms with Crippen LogP contribution in [0.1, 0.15) is 29.7 Å². The zero-order valence-electron chi connectivity index (χ0n) is 9.85. The Bertz CT molecular complexity index is 372. The maximum atomic E-state index is 10.8. The molecule has 1 aliphatic rings. The molecule has 0 amide bonds. The van der Waals surface area contributed by atoms with E-state index in [1.54, 1.807) is 11.3 Å². The van der Waals surface area contributed by atoms with Crippen molar-refractivity contribution >= 4 is 22.4 Å². The summed E-state index contributed by atoms with van der Waals surface area (Å²) < 4.78 is 19.8. The Kier molecular flexibility index (Phi) is 5.16. The minimum Gasteiger partial charge on any atom is -0.317 e. The molecule has 0 aromatic carbocycles. The van der Waals surface area contributed by atoms with Crippen LogP contribution in [0.25, 0.3) is 0 Å². The number of thiophene rings is 1. The highest BCUT2D eigenvalue weighted by Crippen LogP contribution is 2.24. The number of hydrogen-bond acceptors (Lipinski definition) is 3. The molecule has 3 nitrogen and oxygen atoms in total. The van der Waals surface area contributed by atoms with Crippen molar-refractivity contribution in [1.82, 2.24) is 5.32 Å². The van der Waals surface area contributed by atoms with Crippen LogP contribution in [0.2, 0.25) is 0 Å². The molecule has 1 aliphatic heterocycles. The van der Waals surface area contributed by atoms with Gasteiger partial charge in [-0.1, -0.05) is 0 Å². The molecule has 17 heavy (non-hydrogen) atoms. The SMILES string of the molecule is O=S(O)Cc1ccsc1CCC1CCNCC1. The first-order valence-electron chi connectivity index (χ1n) is 6.09. The highest BCUT2D eigenvalue weighted by Gasteiger charge is 2.14. The normalized spacial score (nSPS) is 19.4. The number of rotatable bonds is 5. The molecule has 0 spiro atoms. The Morgan fingerprint density at radius 1 is 1.47 bits per heavy atom. The molecule has 0 saturated carbocycles. The molecule has 0 bridgehead atoms. The average Bonchev–Trinajstić information content (AvgIpc) is 2.74. The number of hydrogen-bond donors (Lipinski definition) is 2. The maximum Gasteiger partial charge on any atom is 0.157 e. The molecule has 2 N–H and O–H groups in total. The van der Waals surface area contributed by atoms with E-state index in [0.29, 0.717) is 0 Å². The van der Waals surface area contributed by atoms with Gasteiger partial charge in [0, 0.05) is 4.88 Å². The summed E-state index contributed by atoms with van der Waals surface area (Å²) in [5.74, 6) is 1.11. The van der Waals surface area contributed by atoms with E-state index in [-0.39, 0.29) is 5.75 Å². The van der Waals surface area contributed by atoms with Gasteiger partial charge in [0.05, 0.1) is 5.75 Å². The summed E-state index contributed by atoms with van der Waals surface area (Å²) in [5, 5.41) is 5.40. The van der Waals surface area contributed by atoms with Crippen molar-refractivity contribution in [1.29, 1.82) is 0 Å². The minimum absolute atomic E-state index is 0.283. The van der Waals surface area contributed by atoms with E-state index in [1.807, 2.05) is 11.4 Å². The van der Waals surface area contributed by atoms with Crippen LogP contribution in [0, 0.1) is 5.92 Å². The van der Waals surface area contributed by atoms with Crippen LogP contribution >= 0.6 is 11.3 Å². The predicted octanol–water partition coefficient (Wildman–Crippen LogP) is 2.40. The van der Waals surface area contributed by atoms with Crippen LogP contribution in [0.3, 0.4) is 0 Å². The van der Waals surface area contributed by atoms with E-state index in [2.05, 4.69) is 5.32 Å². The van der Waals surface area contributed by atoms with Gasteiger partial charge in [0.25, 0.3) is 0 Å². The quantitative estimate of drug-likeness (QED) is 0.810. The van der Waals surface area contributed by atoms with E-state index in [1.165, 1.54) is 24.1 Å². The van der Waals surface area contributed by atoms with Crippen LogP contribution < -0.4 is 5.32 Å². The Balaban J connectivity index is 1.85. The van der Waals surface area contributed by atoms with Gasteiger partial charge in [0.15, 0.2) is 11.1 Å². The van der Waals surface area contributed by atoms with E-state index in [0.717, 1.165) is 31.0 Å². The molecule has 1 fully saturated rings. The summed E-state index contributed by atoms with van der Waals surface area (Å²) in [4.78, 5) is 1.30. The van der Waals surface area contributed by atoms with Gasteiger partial charge in [-0.25, -0.2) is 4.21 Å². The third-order valence-corrected chi connectivity index (χ3v) is 4.94. The second kappa shape index (κ2) is 6.64. The van der Waals surface area contributed by atoms with Gasteiger partial charge in [-0.2, -0.15) is 0 Å². The average molecular weight is 273 g/mol. The van der Waals surface area contributed by atoms with Gasteiger partial charge in [-0.15, -0.1) is 11.3 Å². The first-order valence-corrected chi connectivity index (χ1v) is 8.24. The van der Waals surface area contributed by atoms with Gasteiger partial charge >= 0.3 is 0 Å². The van der Waals surface area contributed by atoms with Crippen molar-refractivity contribution in [3.8, 4) is 0 Å². The fraction of sp³-hybridized carbons (Fsp3) is 0.667. The van der Waals surface area contributed by atoms with E-state index in [4.69, 9.17) is 4.55 Å². The molecule has 1 saturated heterocycles. The molecular formula is C12H19NO2S2. The van der Waals surface area contributed by atoms with Crippen molar-refractivity contribution in [3.63, 3.8) is 0 Å². The topological polar surface area (TPSA) is 49.3 Å². The Labute approximate surface area is 109 Å². The molecule has 96 valence electrons. The fourth-order valence-corrected chi connectivity index (χ4v) is 3.91. The first-order chi connectivity index (χ1) is 8.25. The smallest absolute Gasteiger partial charge is 0.157 e. The van der Waals surface area contributed by atoms with Gasteiger partial charge in [0.2, 0.25) is 0 Å². The molecule has 2 rings (SSSR count). The highest BCUT2D eigenvalue weighted by atomic mass is 32.2. The second-order valence-corrected chi connectivity index (χ2v) is 6.50. The predicted molar refractivity (Wildman–Crippen MR) is 72.7 cm³/mol. The van der Waals surface area contributed by atoms with Crippen LogP contribution in [0.5, 0.6) is 0 Å². The lowest BCUT2D eigenvalue weighted by Gasteiger charge is -2.22. The molecule has 0 radical (unpaired) electrons. The van der Waals surface area contributed by atoms with Crippen molar-refractivity contribution < 1.29 is 8.76 Å². The van der Waals surface area contributed by atoms with Crippen molar-refractivity contribution in [2.24, 2.45) is 5.92 Å². The lowest BCUT2D eigenvalue weighted by atomic mass is 9.92. The maximum absolute atomic E-state index is 10.8. The Morgan fingerprint density at radius 3 is 2.94 bits per heavy atom. The molecule has 1 atom stereocenters. The molecule has 1 aromatic rings. The van der Waals surface area contributed by atoms with Crippen molar-refractivity contribution in [3.05, 3.63) is 21.9 Å². The van der Waals surface area contributed by atoms with Gasteiger partial charge in [-0.3, -0.25) is 0 Å². The van der Waals surface area contributed by atoms with Crippen LogP contribution in [-0.2, 0) is 23.3 Å². The molecule has 2 heterocycles. The molecular weight excluding hydrogens is 254 g/mol. The molecule has 1 aromatic heterocycles. The second-order valence-electron chi connectivity index (χ2n) is 4.57. The van der Waals surface area contributed by atoms with Gasteiger partial charge in [0.1, 0.15) is 0 Å². The standard InChI is InChI=1S/C12H19NO2S2/c14-17(15)9-11-5-8-16-12(11)2-1-10-3-6-13-7-4-10/h5,8,10,13H,1-4,6-7,9H2,(H,14,15). The first kappa shape index (κ1) is 13.2. The fourth-order valence-electron chi connectivity index (χ4n) is 2.35. The number of nitrogens with one attached hydrogen (secondary N) is 1. The lowest BCUT2D eigenvalue weighted by molar-refractivity contribution is 0.355. The van der Waals surface area contributed by atoms with E-state index < -0.39 is 11.1 Å². The summed E-state index contributed by atoms with van der Waals surface area (Å²) in [7, 11) is 0. The summed E-state index contributed by atoms with van der Waals surface area (Å²) in [6.45, 7) is 2.28. The van der Waals surface area contributed by atoms with Crippen LogP contribution in [0.4, 0.5) is 0 Å². The third-order valence-electron chi connectivity index (χ3n) is 3.36. The lowest BCUT2D eigenvalue weighted by Crippen LogP contribution is -2.27. The number of piperidine rings is 1. The van der Waals surface area contributed by atoms with Crippen LogP contribution in [0.15, 0.2) is 11.4 Å². The Hall–Kier alpha value is -0.230. The molecule has 1 unspecified atom stereocenters. The summed E-state index contributed by atoms with van der Waals surface area (Å²) in [6, 6.07) is 1.98. The summed E-state index contributed by atoms with van der Waals surface area (Å²) >= 11 is 0.00208. The van der Waals surface area contributed by atoms with Crippen LogP contribution in [-0.4, -0.2) is 21.9 Å². The molecule has 0 aliphatic carbocycles. The van der Waals surface area contributed by atoms with Gasteiger partial charge in [-0.05, 0) is 61.7 Å². The van der Waals surface area contributed by atoms with E-state index >= 15 is 0 Å². The van der Waals surface area contributed by atoms with Crippen molar-refractivity contribution in [2.45, 2.75) is 31.4 Å². The van der Waals surface area contributed by atoms with Crippen molar-refractivity contribution in [2.75, 3.05) is 13.1 Å². The summed E-state index contributed by atoms with van der Waals surface area (Å²) in [6.07, 6.45) is 4.82. The third kappa shape index (κ3) is 4.17. The zero-order chi connectivity index (χ0) is 12.1. The zero-order valence-corrected chi connectivity index (χ0v) is 11.5. The Morgan fingerprint density at radius 2 is 2.24 bits per heavy atom. The van der Waals surface area contributed by atoms with Gasteiger partial charge < -0.3 is 9.87 Å². The largest absolute Gasteiger partial charge is 0.317 e. The summed E-state index contributed by atoms with van der Waals surface area (Å²) in [5.41, 5.74) is 1.06. The molecule has 5 heteroatoms.